The average molecular weight is 237 g/mol. The lowest BCUT2D eigenvalue weighted by Crippen LogP contribution is -2.22. The van der Waals surface area contributed by atoms with Gasteiger partial charge in [0.15, 0.2) is 0 Å². The van der Waals surface area contributed by atoms with E-state index in [4.69, 9.17) is 11.6 Å². The highest BCUT2D eigenvalue weighted by Crippen LogP contribution is 2.21. The Morgan fingerprint density at radius 2 is 1.87 bits per heavy atom. The minimum atomic E-state index is -4.75. The van der Waals surface area contributed by atoms with E-state index in [2.05, 4.69) is 0 Å². The minimum Gasteiger partial charge on any atom is -0.290 e. The first-order chi connectivity index (χ1) is 6.91. The van der Waals surface area contributed by atoms with E-state index >= 15 is 0 Å². The second kappa shape index (κ2) is 4.66. The summed E-state index contributed by atoms with van der Waals surface area (Å²) in [7, 11) is 0. The van der Waals surface area contributed by atoms with Crippen molar-refractivity contribution >= 4 is 17.4 Å². The summed E-state index contributed by atoms with van der Waals surface area (Å²) in [5.41, 5.74) is 0.553. The standard InChI is InChI=1S/C10H8ClF3O/c11-8-4-2-1-3-7(8)5-6-9(15)10(12,13)14/h1-4H,5-6H2. The quantitative estimate of drug-likeness (QED) is 0.786. The van der Waals surface area contributed by atoms with E-state index in [1.165, 1.54) is 0 Å². The molecule has 0 heterocycles. The molecule has 15 heavy (non-hydrogen) atoms. The molecule has 0 spiro atoms. The van der Waals surface area contributed by atoms with E-state index in [-0.39, 0.29) is 6.42 Å². The number of benzene rings is 1. The first-order valence-electron chi connectivity index (χ1n) is 4.24. The summed E-state index contributed by atoms with van der Waals surface area (Å²) < 4.78 is 35.6. The fraction of sp³-hybridized carbons (Fsp3) is 0.300. The van der Waals surface area contributed by atoms with Crippen molar-refractivity contribution < 1.29 is 18.0 Å². The molecule has 0 bridgehead atoms. The zero-order valence-electron chi connectivity index (χ0n) is 7.64. The van der Waals surface area contributed by atoms with Gasteiger partial charge in [0.05, 0.1) is 0 Å². The second-order valence-electron chi connectivity index (χ2n) is 3.01. The van der Waals surface area contributed by atoms with Crippen LogP contribution in [0.4, 0.5) is 13.2 Å². The van der Waals surface area contributed by atoms with E-state index in [0.717, 1.165) is 0 Å². The van der Waals surface area contributed by atoms with Crippen molar-refractivity contribution in [1.82, 2.24) is 0 Å². The molecule has 0 aliphatic carbocycles. The lowest BCUT2D eigenvalue weighted by Gasteiger charge is -2.05. The molecule has 0 aliphatic rings. The Labute approximate surface area is 89.9 Å². The molecule has 0 amide bonds. The predicted octanol–water partition coefficient (Wildman–Crippen LogP) is 3.40. The number of Topliss-reactive ketones (excluding diaryl/α,β-unsaturated/α-hetero) is 1. The lowest BCUT2D eigenvalue weighted by molar-refractivity contribution is -0.171. The number of hydrogen-bond acceptors (Lipinski definition) is 1. The van der Waals surface area contributed by atoms with Crippen LogP contribution in [0.25, 0.3) is 0 Å². The van der Waals surface area contributed by atoms with Gasteiger partial charge in [-0.3, -0.25) is 4.79 Å². The highest BCUT2D eigenvalue weighted by atomic mass is 35.5. The van der Waals surface area contributed by atoms with Gasteiger partial charge < -0.3 is 0 Å². The molecule has 0 fully saturated rings. The zero-order chi connectivity index (χ0) is 11.5. The maximum absolute atomic E-state index is 11.9. The van der Waals surface area contributed by atoms with Gasteiger partial charge in [0, 0.05) is 11.4 Å². The molecule has 0 saturated heterocycles. The van der Waals surface area contributed by atoms with Gasteiger partial charge in [-0.1, -0.05) is 29.8 Å². The Morgan fingerprint density at radius 3 is 2.40 bits per heavy atom. The molecule has 82 valence electrons. The summed E-state index contributed by atoms with van der Waals surface area (Å²) in [6.45, 7) is 0. The molecule has 1 nitrogen and oxygen atoms in total. The number of rotatable bonds is 3. The SMILES string of the molecule is O=C(CCc1ccccc1Cl)C(F)(F)F. The van der Waals surface area contributed by atoms with Crippen LogP contribution in [0.5, 0.6) is 0 Å². The van der Waals surface area contributed by atoms with Gasteiger partial charge in [0.2, 0.25) is 5.78 Å². The fourth-order valence-electron chi connectivity index (χ4n) is 1.09. The molecule has 0 unspecified atom stereocenters. The van der Waals surface area contributed by atoms with E-state index in [1.54, 1.807) is 24.3 Å². The summed E-state index contributed by atoms with van der Waals surface area (Å²) in [5, 5.41) is 0.382. The number of alkyl halides is 3. The Bertz CT molecular complexity index is 360. The van der Waals surface area contributed by atoms with Crippen LogP contribution in [0.2, 0.25) is 5.02 Å². The fourth-order valence-corrected chi connectivity index (χ4v) is 1.32. The van der Waals surface area contributed by atoms with Gasteiger partial charge in [-0.05, 0) is 18.1 Å². The highest BCUT2D eigenvalue weighted by molar-refractivity contribution is 6.31. The van der Waals surface area contributed by atoms with Crippen LogP contribution in [-0.2, 0) is 11.2 Å². The van der Waals surface area contributed by atoms with Crippen molar-refractivity contribution in [3.8, 4) is 0 Å². The summed E-state index contributed by atoms with van der Waals surface area (Å²) in [4.78, 5) is 10.6. The van der Waals surface area contributed by atoms with Gasteiger partial charge in [-0.2, -0.15) is 13.2 Å². The summed E-state index contributed by atoms with van der Waals surface area (Å²) in [6, 6.07) is 6.53. The van der Waals surface area contributed by atoms with Crippen molar-refractivity contribution in [2.75, 3.05) is 0 Å². The van der Waals surface area contributed by atoms with E-state index in [1.807, 2.05) is 0 Å². The number of halogens is 4. The topological polar surface area (TPSA) is 17.1 Å². The third-order valence-corrected chi connectivity index (χ3v) is 2.26. The monoisotopic (exact) mass is 236 g/mol. The van der Waals surface area contributed by atoms with Crippen LogP contribution < -0.4 is 0 Å². The van der Waals surface area contributed by atoms with Crippen molar-refractivity contribution in [2.45, 2.75) is 19.0 Å². The van der Waals surface area contributed by atoms with Crippen LogP contribution in [0.3, 0.4) is 0 Å². The molecular formula is C10H8ClF3O. The van der Waals surface area contributed by atoms with Gasteiger partial charge in [0.1, 0.15) is 0 Å². The molecule has 1 rings (SSSR count). The molecule has 0 saturated carbocycles. The van der Waals surface area contributed by atoms with Crippen molar-refractivity contribution in [2.24, 2.45) is 0 Å². The number of aryl methyl sites for hydroxylation is 1. The van der Waals surface area contributed by atoms with Gasteiger partial charge >= 0.3 is 6.18 Å². The first kappa shape index (κ1) is 12.0. The third-order valence-electron chi connectivity index (χ3n) is 1.90. The number of carbonyl (C=O) groups is 1. The van der Waals surface area contributed by atoms with Crippen LogP contribution in [0, 0.1) is 0 Å². The first-order valence-corrected chi connectivity index (χ1v) is 4.62. The smallest absolute Gasteiger partial charge is 0.290 e. The van der Waals surface area contributed by atoms with Crippen molar-refractivity contribution in [1.29, 1.82) is 0 Å². The zero-order valence-corrected chi connectivity index (χ0v) is 8.40. The summed E-state index contributed by atoms with van der Waals surface area (Å²) in [5.74, 6) is -1.72. The minimum absolute atomic E-state index is 0.0119. The Hall–Kier alpha value is -1.03. The average Bonchev–Trinajstić information content (AvgIpc) is 2.14. The summed E-state index contributed by atoms with van der Waals surface area (Å²) in [6.07, 6.45) is -5.30. The molecule has 1 aromatic rings. The molecule has 0 aliphatic heterocycles. The molecule has 0 aromatic heterocycles. The van der Waals surface area contributed by atoms with Crippen LogP contribution in [0.15, 0.2) is 24.3 Å². The van der Waals surface area contributed by atoms with Gasteiger partial charge in [-0.25, -0.2) is 0 Å². The normalized spacial score (nSPS) is 11.5. The molecule has 0 radical (unpaired) electrons. The van der Waals surface area contributed by atoms with E-state index in [9.17, 15) is 18.0 Å². The predicted molar refractivity (Wildman–Crippen MR) is 50.8 cm³/mol. The molecule has 0 N–H and O–H groups in total. The Kier molecular flexibility index (Phi) is 3.74. The molecule has 5 heteroatoms. The number of ketones is 1. The van der Waals surface area contributed by atoms with Crippen LogP contribution >= 0.6 is 11.6 Å². The molecular weight excluding hydrogens is 229 g/mol. The Balaban J connectivity index is 2.59. The van der Waals surface area contributed by atoms with Gasteiger partial charge in [-0.15, -0.1) is 0 Å². The lowest BCUT2D eigenvalue weighted by atomic mass is 10.1. The van der Waals surface area contributed by atoms with E-state index < -0.39 is 18.4 Å². The van der Waals surface area contributed by atoms with Crippen molar-refractivity contribution in [3.63, 3.8) is 0 Å². The van der Waals surface area contributed by atoms with Gasteiger partial charge in [0.25, 0.3) is 0 Å². The maximum atomic E-state index is 11.9. The summed E-state index contributed by atoms with van der Waals surface area (Å²) >= 11 is 5.73. The van der Waals surface area contributed by atoms with Crippen LogP contribution in [0.1, 0.15) is 12.0 Å². The number of hydrogen-bond donors (Lipinski definition) is 0. The second-order valence-corrected chi connectivity index (χ2v) is 3.42. The van der Waals surface area contributed by atoms with E-state index in [0.29, 0.717) is 10.6 Å². The largest absolute Gasteiger partial charge is 0.449 e. The van der Waals surface area contributed by atoms with Crippen molar-refractivity contribution in [3.05, 3.63) is 34.9 Å². The Morgan fingerprint density at radius 1 is 1.27 bits per heavy atom. The maximum Gasteiger partial charge on any atom is 0.449 e. The highest BCUT2D eigenvalue weighted by Gasteiger charge is 2.37. The number of carbonyl (C=O) groups excluding carboxylic acids is 1. The molecule has 1 aromatic carbocycles. The third kappa shape index (κ3) is 3.55. The molecule has 0 atom stereocenters. The van der Waals surface area contributed by atoms with Crippen LogP contribution in [-0.4, -0.2) is 12.0 Å².